The minimum Gasteiger partial charge on any atom is -0.481 e. The van der Waals surface area contributed by atoms with Gasteiger partial charge in [0, 0.05) is 25.7 Å². The Morgan fingerprint density at radius 1 is 1.45 bits per heavy atom. The number of hydrogen-bond donors (Lipinski definition) is 2. The van der Waals surface area contributed by atoms with Crippen molar-refractivity contribution in [3.05, 3.63) is 0 Å². The van der Waals surface area contributed by atoms with E-state index in [1.54, 1.807) is 25.8 Å². The van der Waals surface area contributed by atoms with Gasteiger partial charge in [0.25, 0.3) is 0 Å². The van der Waals surface area contributed by atoms with Crippen molar-refractivity contribution in [1.82, 2.24) is 15.1 Å². The van der Waals surface area contributed by atoms with Crippen LogP contribution >= 0.6 is 0 Å². The highest BCUT2D eigenvalue weighted by molar-refractivity contribution is 5.76. The highest BCUT2D eigenvalue weighted by Crippen LogP contribution is 2.17. The summed E-state index contributed by atoms with van der Waals surface area (Å²) in [6, 6.07) is -0.162. The molecule has 1 heterocycles. The van der Waals surface area contributed by atoms with Crippen molar-refractivity contribution >= 4 is 12.0 Å². The van der Waals surface area contributed by atoms with Crippen LogP contribution in [0, 0.1) is 5.92 Å². The Labute approximate surface area is 121 Å². The molecule has 0 aromatic carbocycles. The second kappa shape index (κ2) is 7.47. The number of carbonyl (C=O) groups is 2. The minimum absolute atomic E-state index is 0.200. The maximum absolute atomic E-state index is 12.1. The average molecular weight is 285 g/mol. The molecule has 0 saturated carbocycles. The summed E-state index contributed by atoms with van der Waals surface area (Å²) < 4.78 is 0. The van der Waals surface area contributed by atoms with Gasteiger partial charge in [0.1, 0.15) is 0 Å². The molecule has 0 aliphatic carbocycles. The third-order valence-electron chi connectivity index (χ3n) is 4.23. The molecule has 20 heavy (non-hydrogen) atoms. The summed E-state index contributed by atoms with van der Waals surface area (Å²) in [7, 11) is 1.76. The number of carboxylic acids is 1. The monoisotopic (exact) mass is 285 g/mol. The SMILES string of the molecule is CCN1CCCC1CN(C)C(=O)NC(C)C(C)C(=O)O. The van der Waals surface area contributed by atoms with Crippen LogP contribution in [0.3, 0.4) is 0 Å². The van der Waals surface area contributed by atoms with Crippen LogP contribution in [-0.2, 0) is 4.79 Å². The van der Waals surface area contributed by atoms with Crippen LogP contribution in [-0.4, -0.2) is 65.7 Å². The summed E-state index contributed by atoms with van der Waals surface area (Å²) in [6.07, 6.45) is 2.30. The molecule has 2 N–H and O–H groups in total. The number of nitrogens with one attached hydrogen (secondary N) is 1. The molecular formula is C14H27N3O3. The summed E-state index contributed by atoms with van der Waals surface area (Å²) in [4.78, 5) is 27.0. The number of likely N-dealkylation sites (N-methyl/N-ethyl adjacent to an activating group) is 2. The lowest BCUT2D eigenvalue weighted by Crippen LogP contribution is -2.49. The summed E-state index contributed by atoms with van der Waals surface area (Å²) in [5.41, 5.74) is 0. The number of nitrogens with zero attached hydrogens (tertiary/aromatic N) is 2. The Morgan fingerprint density at radius 3 is 2.65 bits per heavy atom. The third-order valence-corrected chi connectivity index (χ3v) is 4.23. The molecule has 0 bridgehead atoms. The highest BCUT2D eigenvalue weighted by Gasteiger charge is 2.27. The molecule has 1 fully saturated rings. The van der Waals surface area contributed by atoms with Crippen LogP contribution in [0.5, 0.6) is 0 Å². The molecule has 116 valence electrons. The van der Waals surface area contributed by atoms with Gasteiger partial charge < -0.3 is 15.3 Å². The number of rotatable bonds is 6. The van der Waals surface area contributed by atoms with Crippen LogP contribution in [0.15, 0.2) is 0 Å². The third kappa shape index (κ3) is 4.37. The van der Waals surface area contributed by atoms with E-state index in [2.05, 4.69) is 17.1 Å². The maximum atomic E-state index is 12.1. The molecule has 3 atom stereocenters. The van der Waals surface area contributed by atoms with E-state index in [0.29, 0.717) is 12.6 Å². The normalized spacial score (nSPS) is 22.3. The highest BCUT2D eigenvalue weighted by atomic mass is 16.4. The second-order valence-corrected chi connectivity index (χ2v) is 5.67. The molecule has 0 aromatic rings. The molecule has 6 nitrogen and oxygen atoms in total. The first-order valence-electron chi connectivity index (χ1n) is 7.35. The van der Waals surface area contributed by atoms with Crippen LogP contribution in [0.2, 0.25) is 0 Å². The lowest BCUT2D eigenvalue weighted by molar-refractivity contribution is -0.141. The average Bonchev–Trinajstić information content (AvgIpc) is 2.84. The molecule has 0 radical (unpaired) electrons. The first-order chi connectivity index (χ1) is 9.36. The molecular weight excluding hydrogens is 258 g/mol. The molecule has 2 amide bonds. The number of aliphatic carboxylic acids is 1. The van der Waals surface area contributed by atoms with Gasteiger partial charge in [-0.25, -0.2) is 4.79 Å². The standard InChI is InChI=1S/C14H27N3O3/c1-5-17-8-6-7-12(17)9-16(4)14(20)15-11(3)10(2)13(18)19/h10-12H,5-9H2,1-4H3,(H,15,20)(H,18,19). The van der Waals surface area contributed by atoms with Crippen molar-refractivity contribution in [3.63, 3.8) is 0 Å². The van der Waals surface area contributed by atoms with E-state index >= 15 is 0 Å². The molecule has 1 aliphatic rings. The second-order valence-electron chi connectivity index (χ2n) is 5.67. The number of amides is 2. The van der Waals surface area contributed by atoms with Gasteiger partial charge >= 0.3 is 12.0 Å². The fourth-order valence-corrected chi connectivity index (χ4v) is 2.56. The van der Waals surface area contributed by atoms with Crippen molar-refractivity contribution < 1.29 is 14.7 Å². The Kier molecular flexibility index (Phi) is 6.26. The van der Waals surface area contributed by atoms with Gasteiger partial charge in [0.15, 0.2) is 0 Å². The zero-order chi connectivity index (χ0) is 15.3. The molecule has 6 heteroatoms. The number of likely N-dealkylation sites (tertiary alicyclic amines) is 1. The van der Waals surface area contributed by atoms with Crippen LogP contribution < -0.4 is 5.32 Å². The van der Waals surface area contributed by atoms with Crippen molar-refractivity contribution in [3.8, 4) is 0 Å². The van der Waals surface area contributed by atoms with E-state index in [9.17, 15) is 9.59 Å². The zero-order valence-corrected chi connectivity index (χ0v) is 12.9. The maximum Gasteiger partial charge on any atom is 0.317 e. The minimum atomic E-state index is -0.895. The molecule has 1 rings (SSSR count). The van der Waals surface area contributed by atoms with Crippen molar-refractivity contribution in [2.75, 3.05) is 26.7 Å². The van der Waals surface area contributed by atoms with E-state index in [1.807, 2.05) is 0 Å². The predicted molar refractivity (Wildman–Crippen MR) is 77.7 cm³/mol. The quantitative estimate of drug-likeness (QED) is 0.769. The van der Waals surface area contributed by atoms with Gasteiger partial charge in [-0.2, -0.15) is 0 Å². The first-order valence-corrected chi connectivity index (χ1v) is 7.35. The van der Waals surface area contributed by atoms with Gasteiger partial charge in [-0.1, -0.05) is 6.92 Å². The fourth-order valence-electron chi connectivity index (χ4n) is 2.56. The lowest BCUT2D eigenvalue weighted by atomic mass is 10.0. The largest absolute Gasteiger partial charge is 0.481 e. The van der Waals surface area contributed by atoms with Crippen molar-refractivity contribution in [2.45, 2.75) is 45.7 Å². The fraction of sp³-hybridized carbons (Fsp3) is 0.857. The van der Waals surface area contributed by atoms with Gasteiger partial charge in [0.2, 0.25) is 0 Å². The summed E-state index contributed by atoms with van der Waals surface area (Å²) in [6.45, 7) is 8.25. The molecule has 1 aliphatic heterocycles. The lowest BCUT2D eigenvalue weighted by Gasteiger charge is -2.29. The molecule has 1 saturated heterocycles. The number of urea groups is 1. The molecule has 0 aromatic heterocycles. The van der Waals surface area contributed by atoms with E-state index < -0.39 is 11.9 Å². The van der Waals surface area contributed by atoms with E-state index in [0.717, 1.165) is 19.5 Å². The Bertz CT molecular complexity index is 349. The topological polar surface area (TPSA) is 72.9 Å². The van der Waals surface area contributed by atoms with E-state index in [4.69, 9.17) is 5.11 Å². The van der Waals surface area contributed by atoms with Crippen LogP contribution in [0.4, 0.5) is 4.79 Å². The summed E-state index contributed by atoms with van der Waals surface area (Å²) >= 11 is 0. The van der Waals surface area contributed by atoms with E-state index in [-0.39, 0.29) is 12.1 Å². The first kappa shape index (κ1) is 16.8. The van der Waals surface area contributed by atoms with Crippen molar-refractivity contribution in [2.24, 2.45) is 5.92 Å². The summed E-state index contributed by atoms with van der Waals surface area (Å²) in [5, 5.41) is 11.7. The van der Waals surface area contributed by atoms with E-state index in [1.165, 1.54) is 6.42 Å². The summed E-state index contributed by atoms with van der Waals surface area (Å²) in [5.74, 6) is -1.49. The smallest absolute Gasteiger partial charge is 0.317 e. The zero-order valence-electron chi connectivity index (χ0n) is 12.9. The van der Waals surface area contributed by atoms with Crippen molar-refractivity contribution in [1.29, 1.82) is 0 Å². The predicted octanol–water partition coefficient (Wildman–Crippen LogP) is 1.22. The molecule has 3 unspecified atom stereocenters. The van der Waals surface area contributed by atoms with Gasteiger partial charge in [-0.3, -0.25) is 9.69 Å². The Balaban J connectivity index is 2.44. The van der Waals surface area contributed by atoms with Gasteiger partial charge in [-0.15, -0.1) is 0 Å². The van der Waals surface area contributed by atoms with Crippen LogP contribution in [0.25, 0.3) is 0 Å². The van der Waals surface area contributed by atoms with Gasteiger partial charge in [0.05, 0.1) is 5.92 Å². The van der Waals surface area contributed by atoms with Crippen LogP contribution in [0.1, 0.15) is 33.6 Å². The van der Waals surface area contributed by atoms with Gasteiger partial charge in [-0.05, 0) is 39.8 Å². The number of carboxylic acid groups (broad SMARTS) is 1. The Hall–Kier alpha value is -1.30. The Morgan fingerprint density at radius 2 is 2.10 bits per heavy atom. The molecule has 0 spiro atoms. The number of carbonyl (C=O) groups excluding carboxylic acids is 1. The number of hydrogen-bond acceptors (Lipinski definition) is 3.